The molecule has 0 saturated heterocycles. The summed E-state index contributed by atoms with van der Waals surface area (Å²) in [6.07, 6.45) is -0.786. The topological polar surface area (TPSA) is 20.2 Å². The molecule has 1 unspecified atom stereocenters. The summed E-state index contributed by atoms with van der Waals surface area (Å²) >= 11 is 12.1. The number of rotatable bonds is 2. The minimum Gasteiger partial charge on any atom is -0.384 e. The van der Waals surface area contributed by atoms with Gasteiger partial charge in [0.15, 0.2) is 0 Å². The van der Waals surface area contributed by atoms with E-state index in [0.29, 0.717) is 15.6 Å². The molecule has 1 nitrogen and oxygen atoms in total. The zero-order chi connectivity index (χ0) is 14.1. The number of benzene rings is 3. The summed E-state index contributed by atoms with van der Waals surface area (Å²) in [7, 11) is 0. The van der Waals surface area contributed by atoms with Gasteiger partial charge in [-0.2, -0.15) is 0 Å². The molecule has 0 heterocycles. The first kappa shape index (κ1) is 13.4. The van der Waals surface area contributed by atoms with Crippen LogP contribution in [-0.2, 0) is 0 Å². The van der Waals surface area contributed by atoms with Crippen LogP contribution in [0.25, 0.3) is 10.8 Å². The fourth-order valence-corrected chi connectivity index (χ4v) is 2.68. The molecule has 0 aliphatic rings. The molecule has 0 aliphatic heterocycles. The zero-order valence-electron chi connectivity index (χ0n) is 10.6. The van der Waals surface area contributed by atoms with Gasteiger partial charge in [0.25, 0.3) is 0 Å². The van der Waals surface area contributed by atoms with Crippen molar-refractivity contribution < 1.29 is 5.11 Å². The molecule has 0 amide bonds. The highest BCUT2D eigenvalue weighted by Crippen LogP contribution is 2.31. The highest BCUT2D eigenvalue weighted by molar-refractivity contribution is 6.33. The van der Waals surface area contributed by atoms with Gasteiger partial charge < -0.3 is 5.11 Å². The molecule has 0 bridgehead atoms. The molecule has 0 radical (unpaired) electrons. The zero-order valence-corrected chi connectivity index (χ0v) is 12.1. The quantitative estimate of drug-likeness (QED) is 0.687. The van der Waals surface area contributed by atoms with E-state index in [1.54, 1.807) is 18.2 Å². The average Bonchev–Trinajstić information content (AvgIpc) is 2.48. The molecule has 0 aliphatic carbocycles. The molecule has 0 spiro atoms. The van der Waals surface area contributed by atoms with E-state index >= 15 is 0 Å². The molecule has 1 N–H and O–H groups in total. The van der Waals surface area contributed by atoms with Crippen molar-refractivity contribution >= 4 is 34.0 Å². The average molecular weight is 303 g/mol. The molecule has 0 saturated carbocycles. The van der Waals surface area contributed by atoms with E-state index in [4.69, 9.17) is 23.2 Å². The van der Waals surface area contributed by atoms with Gasteiger partial charge in [-0.3, -0.25) is 0 Å². The third kappa shape index (κ3) is 2.53. The Morgan fingerprint density at radius 2 is 1.55 bits per heavy atom. The second-order valence-electron chi connectivity index (χ2n) is 4.67. The van der Waals surface area contributed by atoms with E-state index in [1.165, 1.54) is 0 Å². The fraction of sp³-hybridized carbons (Fsp3) is 0.0588. The van der Waals surface area contributed by atoms with E-state index in [2.05, 4.69) is 0 Å². The van der Waals surface area contributed by atoms with Crippen molar-refractivity contribution in [1.29, 1.82) is 0 Å². The summed E-state index contributed by atoms with van der Waals surface area (Å²) in [5.41, 5.74) is 1.42. The van der Waals surface area contributed by atoms with Crippen LogP contribution in [0.3, 0.4) is 0 Å². The van der Waals surface area contributed by atoms with Crippen LogP contribution >= 0.6 is 23.2 Å². The molecule has 3 rings (SSSR count). The first-order chi connectivity index (χ1) is 9.65. The Bertz CT molecular complexity index is 768. The van der Waals surface area contributed by atoms with Crippen LogP contribution < -0.4 is 0 Å². The highest BCUT2D eigenvalue weighted by Gasteiger charge is 2.14. The van der Waals surface area contributed by atoms with E-state index in [9.17, 15) is 5.11 Å². The minimum absolute atomic E-state index is 0.509. The van der Waals surface area contributed by atoms with Crippen molar-refractivity contribution in [3.05, 3.63) is 81.8 Å². The molecule has 3 heteroatoms. The lowest BCUT2D eigenvalue weighted by Crippen LogP contribution is -2.00. The summed E-state index contributed by atoms with van der Waals surface area (Å²) in [6, 6.07) is 19.0. The first-order valence-corrected chi connectivity index (χ1v) is 7.02. The minimum atomic E-state index is -0.786. The van der Waals surface area contributed by atoms with Gasteiger partial charge in [0.1, 0.15) is 6.10 Å². The van der Waals surface area contributed by atoms with Crippen molar-refractivity contribution in [2.24, 2.45) is 0 Å². The van der Waals surface area contributed by atoms with E-state index < -0.39 is 6.10 Å². The number of aliphatic hydroxyl groups excluding tert-OH is 1. The molecular formula is C17H12Cl2O. The Balaban J connectivity index is 2.07. The lowest BCUT2D eigenvalue weighted by Gasteiger charge is -2.14. The standard InChI is InChI=1S/C17H12Cl2O/c18-14-7-8-16(19)15(10-14)17(20)13-6-5-11-3-1-2-4-12(11)9-13/h1-10,17,20H. The predicted molar refractivity (Wildman–Crippen MR) is 84.5 cm³/mol. The largest absolute Gasteiger partial charge is 0.384 e. The maximum absolute atomic E-state index is 10.5. The Kier molecular flexibility index (Phi) is 3.66. The van der Waals surface area contributed by atoms with Crippen molar-refractivity contribution in [2.75, 3.05) is 0 Å². The van der Waals surface area contributed by atoms with E-state index in [0.717, 1.165) is 16.3 Å². The van der Waals surface area contributed by atoms with Crippen LogP contribution in [0.2, 0.25) is 10.0 Å². The summed E-state index contributed by atoms with van der Waals surface area (Å²) in [5.74, 6) is 0. The van der Waals surface area contributed by atoms with Gasteiger partial charge >= 0.3 is 0 Å². The van der Waals surface area contributed by atoms with Crippen molar-refractivity contribution in [2.45, 2.75) is 6.10 Å². The van der Waals surface area contributed by atoms with Crippen LogP contribution in [0.15, 0.2) is 60.7 Å². The van der Waals surface area contributed by atoms with Gasteiger partial charge in [-0.1, -0.05) is 59.6 Å². The van der Waals surface area contributed by atoms with Crippen LogP contribution in [0.1, 0.15) is 17.2 Å². The predicted octanol–water partition coefficient (Wildman–Crippen LogP) is 5.23. The molecule has 3 aromatic carbocycles. The molecule has 0 fully saturated rings. The summed E-state index contributed by atoms with van der Waals surface area (Å²) in [4.78, 5) is 0. The van der Waals surface area contributed by atoms with Gasteiger partial charge in [-0.05, 0) is 40.6 Å². The van der Waals surface area contributed by atoms with Crippen LogP contribution in [-0.4, -0.2) is 5.11 Å². The smallest absolute Gasteiger partial charge is 0.106 e. The summed E-state index contributed by atoms with van der Waals surface area (Å²) in [5, 5.41) is 13.8. The highest BCUT2D eigenvalue weighted by atomic mass is 35.5. The van der Waals surface area contributed by atoms with E-state index in [1.807, 2.05) is 42.5 Å². The normalized spacial score (nSPS) is 12.6. The molecule has 100 valence electrons. The van der Waals surface area contributed by atoms with Gasteiger partial charge in [0.2, 0.25) is 0 Å². The second-order valence-corrected chi connectivity index (χ2v) is 5.52. The monoisotopic (exact) mass is 302 g/mol. The first-order valence-electron chi connectivity index (χ1n) is 6.27. The lowest BCUT2D eigenvalue weighted by molar-refractivity contribution is 0.220. The number of hydrogen-bond donors (Lipinski definition) is 1. The Morgan fingerprint density at radius 3 is 2.35 bits per heavy atom. The Labute approximate surface area is 127 Å². The molecular weight excluding hydrogens is 291 g/mol. The van der Waals surface area contributed by atoms with Crippen molar-refractivity contribution in [3.8, 4) is 0 Å². The lowest BCUT2D eigenvalue weighted by atomic mass is 9.98. The van der Waals surface area contributed by atoms with Crippen molar-refractivity contribution in [1.82, 2.24) is 0 Å². The Morgan fingerprint density at radius 1 is 0.800 bits per heavy atom. The maximum Gasteiger partial charge on any atom is 0.106 e. The van der Waals surface area contributed by atoms with Crippen LogP contribution in [0.4, 0.5) is 0 Å². The van der Waals surface area contributed by atoms with E-state index in [-0.39, 0.29) is 0 Å². The van der Waals surface area contributed by atoms with Crippen molar-refractivity contribution in [3.63, 3.8) is 0 Å². The molecule has 1 atom stereocenters. The summed E-state index contributed by atoms with van der Waals surface area (Å²) < 4.78 is 0. The van der Waals surface area contributed by atoms with Gasteiger partial charge in [-0.15, -0.1) is 0 Å². The third-order valence-electron chi connectivity index (χ3n) is 3.34. The number of aliphatic hydroxyl groups is 1. The van der Waals surface area contributed by atoms with Crippen LogP contribution in [0.5, 0.6) is 0 Å². The second kappa shape index (κ2) is 5.45. The van der Waals surface area contributed by atoms with Gasteiger partial charge in [0.05, 0.1) is 0 Å². The third-order valence-corrected chi connectivity index (χ3v) is 3.92. The van der Waals surface area contributed by atoms with Crippen LogP contribution in [0, 0.1) is 0 Å². The molecule has 20 heavy (non-hydrogen) atoms. The fourth-order valence-electron chi connectivity index (χ4n) is 2.28. The molecule has 0 aromatic heterocycles. The molecule has 3 aromatic rings. The maximum atomic E-state index is 10.5. The number of fused-ring (bicyclic) bond motifs is 1. The SMILES string of the molecule is OC(c1ccc2ccccc2c1)c1cc(Cl)ccc1Cl. The van der Waals surface area contributed by atoms with Gasteiger partial charge in [-0.25, -0.2) is 0 Å². The Hall–Kier alpha value is -1.54. The number of hydrogen-bond acceptors (Lipinski definition) is 1. The number of halogens is 2. The summed E-state index contributed by atoms with van der Waals surface area (Å²) in [6.45, 7) is 0. The van der Waals surface area contributed by atoms with Gasteiger partial charge in [0, 0.05) is 15.6 Å².